The molecule has 7 nitrogen and oxygen atoms in total. The van der Waals surface area contributed by atoms with Crippen LogP contribution in [-0.4, -0.2) is 49.4 Å². The third-order valence-electron chi connectivity index (χ3n) is 4.60. The van der Waals surface area contributed by atoms with Crippen LogP contribution in [0.3, 0.4) is 0 Å². The van der Waals surface area contributed by atoms with Crippen LogP contribution in [0.2, 0.25) is 0 Å². The highest BCUT2D eigenvalue weighted by atomic mass is 32.2. The van der Waals surface area contributed by atoms with E-state index >= 15 is 0 Å². The van der Waals surface area contributed by atoms with Gasteiger partial charge in [0.25, 0.3) is 5.91 Å². The van der Waals surface area contributed by atoms with Crippen molar-refractivity contribution in [1.29, 1.82) is 0 Å². The molecule has 0 aromatic heterocycles. The minimum atomic E-state index is -3.61. The maximum absolute atomic E-state index is 12.5. The van der Waals surface area contributed by atoms with Crippen LogP contribution < -0.4 is 4.72 Å². The smallest absolute Gasteiger partial charge is 0.308 e. The summed E-state index contributed by atoms with van der Waals surface area (Å²) >= 11 is 0. The molecule has 1 aliphatic heterocycles. The van der Waals surface area contributed by atoms with Gasteiger partial charge in [-0.3, -0.25) is 9.59 Å². The van der Waals surface area contributed by atoms with Crippen LogP contribution in [0.25, 0.3) is 0 Å². The molecule has 0 aliphatic carbocycles. The van der Waals surface area contributed by atoms with Crippen molar-refractivity contribution in [3.05, 3.63) is 29.8 Å². The van der Waals surface area contributed by atoms with Crippen LogP contribution in [-0.2, 0) is 14.8 Å². The van der Waals surface area contributed by atoms with E-state index in [1.807, 2.05) is 13.8 Å². The van der Waals surface area contributed by atoms with Gasteiger partial charge in [-0.25, -0.2) is 13.1 Å². The van der Waals surface area contributed by atoms with Crippen molar-refractivity contribution in [3.63, 3.8) is 0 Å². The molecule has 2 N–H and O–H groups in total. The summed E-state index contributed by atoms with van der Waals surface area (Å²) in [6.07, 6.45) is 0.674. The molecule has 0 radical (unpaired) electrons. The number of amides is 1. The Kier molecular flexibility index (Phi) is 5.84. The normalized spacial score (nSPS) is 22.0. The van der Waals surface area contributed by atoms with Gasteiger partial charge in [0.05, 0.1) is 10.8 Å². The zero-order valence-corrected chi connectivity index (χ0v) is 15.4. The molecule has 138 valence electrons. The minimum Gasteiger partial charge on any atom is -0.481 e. The van der Waals surface area contributed by atoms with Gasteiger partial charge in [0.1, 0.15) is 0 Å². The summed E-state index contributed by atoms with van der Waals surface area (Å²) in [6.45, 7) is 6.03. The van der Waals surface area contributed by atoms with Gasteiger partial charge in [-0.2, -0.15) is 0 Å². The van der Waals surface area contributed by atoms with Crippen molar-refractivity contribution in [2.75, 3.05) is 13.1 Å². The topological polar surface area (TPSA) is 104 Å². The van der Waals surface area contributed by atoms with Gasteiger partial charge in [0.15, 0.2) is 0 Å². The van der Waals surface area contributed by atoms with Crippen molar-refractivity contribution in [2.24, 2.45) is 11.8 Å². The molecule has 2 rings (SSSR count). The predicted molar refractivity (Wildman–Crippen MR) is 92.7 cm³/mol. The fourth-order valence-electron chi connectivity index (χ4n) is 2.83. The number of hydrogen-bond acceptors (Lipinski definition) is 4. The lowest BCUT2D eigenvalue weighted by Crippen LogP contribution is -2.32. The number of carboxylic acid groups (broad SMARTS) is 1. The second-order valence-electron chi connectivity index (χ2n) is 6.59. The van der Waals surface area contributed by atoms with E-state index in [0.29, 0.717) is 18.5 Å². The fourth-order valence-corrected chi connectivity index (χ4v) is 4.16. The number of rotatable bonds is 6. The number of carboxylic acids is 1. The highest BCUT2D eigenvalue weighted by Gasteiger charge is 2.37. The van der Waals surface area contributed by atoms with Gasteiger partial charge in [-0.1, -0.05) is 13.8 Å². The van der Waals surface area contributed by atoms with E-state index in [2.05, 4.69) is 4.72 Å². The van der Waals surface area contributed by atoms with E-state index in [9.17, 15) is 18.0 Å². The number of carbonyl (C=O) groups excluding carboxylic acids is 1. The third-order valence-corrected chi connectivity index (χ3v) is 6.20. The van der Waals surface area contributed by atoms with Crippen molar-refractivity contribution < 1.29 is 23.1 Å². The average Bonchev–Trinajstić information content (AvgIpc) is 2.96. The first-order chi connectivity index (χ1) is 11.7. The lowest BCUT2D eigenvalue weighted by molar-refractivity contribution is -0.142. The van der Waals surface area contributed by atoms with E-state index < -0.39 is 21.9 Å². The first-order valence-electron chi connectivity index (χ1n) is 8.30. The maximum atomic E-state index is 12.5. The lowest BCUT2D eigenvalue weighted by Gasteiger charge is -2.16. The number of sulfonamides is 1. The van der Waals surface area contributed by atoms with Gasteiger partial charge >= 0.3 is 5.97 Å². The van der Waals surface area contributed by atoms with E-state index in [1.165, 1.54) is 29.2 Å². The van der Waals surface area contributed by atoms with Crippen LogP contribution in [0.4, 0.5) is 0 Å². The first-order valence-corrected chi connectivity index (χ1v) is 9.78. The van der Waals surface area contributed by atoms with Crippen molar-refractivity contribution in [2.45, 2.75) is 38.1 Å². The Bertz CT molecular complexity index is 745. The molecule has 0 spiro atoms. The number of benzene rings is 1. The van der Waals surface area contributed by atoms with Crippen molar-refractivity contribution in [3.8, 4) is 0 Å². The molecule has 1 heterocycles. The van der Waals surface area contributed by atoms with Crippen LogP contribution in [0, 0.1) is 11.8 Å². The molecule has 8 heteroatoms. The predicted octanol–water partition coefficient (Wildman–Crippen LogP) is 1.56. The summed E-state index contributed by atoms with van der Waals surface area (Å²) in [6, 6.07) is 5.54. The van der Waals surface area contributed by atoms with Crippen molar-refractivity contribution >= 4 is 21.9 Å². The second-order valence-corrected chi connectivity index (χ2v) is 8.30. The van der Waals surface area contributed by atoms with Gasteiger partial charge in [0, 0.05) is 24.7 Å². The van der Waals surface area contributed by atoms with Gasteiger partial charge in [0.2, 0.25) is 10.0 Å². The zero-order chi connectivity index (χ0) is 18.8. The monoisotopic (exact) mass is 368 g/mol. The van der Waals surface area contributed by atoms with Gasteiger partial charge < -0.3 is 10.0 Å². The zero-order valence-electron chi connectivity index (χ0n) is 14.6. The Morgan fingerprint density at radius 2 is 1.88 bits per heavy atom. The number of hydrogen-bond donors (Lipinski definition) is 2. The molecule has 1 aromatic rings. The minimum absolute atomic E-state index is 0.0996. The molecule has 1 saturated heterocycles. The molecule has 1 fully saturated rings. The Hall–Kier alpha value is -1.93. The molecular weight excluding hydrogens is 344 g/mol. The standard InChI is InChI=1S/C17H24N2O5S/c1-4-12(3)18-25(23,24)14-7-5-13(6-8-14)16(20)19-9-11(2)15(10-19)17(21)22/h5-8,11-12,15,18H,4,9-10H2,1-3H3,(H,21,22)/t11-,12?,15-/m1/s1. The number of likely N-dealkylation sites (tertiary alicyclic amines) is 1. The SMILES string of the molecule is CCC(C)NS(=O)(=O)c1ccc(C(=O)N2C[C@@H](C)[C@H](C(=O)O)C2)cc1. The summed E-state index contributed by atoms with van der Waals surface area (Å²) in [5, 5.41) is 9.16. The van der Waals surface area contributed by atoms with E-state index in [0.717, 1.165) is 0 Å². The summed E-state index contributed by atoms with van der Waals surface area (Å²) < 4.78 is 27.0. The Balaban J connectivity index is 2.12. The fraction of sp³-hybridized carbons (Fsp3) is 0.529. The number of carbonyl (C=O) groups is 2. The van der Waals surface area contributed by atoms with Gasteiger partial charge in [-0.15, -0.1) is 0 Å². The van der Waals surface area contributed by atoms with Crippen molar-refractivity contribution in [1.82, 2.24) is 9.62 Å². The highest BCUT2D eigenvalue weighted by Crippen LogP contribution is 2.25. The highest BCUT2D eigenvalue weighted by molar-refractivity contribution is 7.89. The van der Waals surface area contributed by atoms with Crippen LogP contribution in [0.15, 0.2) is 29.2 Å². The van der Waals surface area contributed by atoms with Gasteiger partial charge in [-0.05, 0) is 43.5 Å². The van der Waals surface area contributed by atoms with E-state index in [1.54, 1.807) is 6.92 Å². The van der Waals surface area contributed by atoms with E-state index in [-0.39, 0.29) is 29.3 Å². The molecule has 1 aliphatic rings. The number of aliphatic carboxylic acids is 1. The number of nitrogens with zero attached hydrogens (tertiary/aromatic N) is 1. The summed E-state index contributed by atoms with van der Waals surface area (Å²) in [5.74, 6) is -1.86. The molecule has 0 bridgehead atoms. The van der Waals surface area contributed by atoms with Crippen LogP contribution in [0.5, 0.6) is 0 Å². The Morgan fingerprint density at radius 3 is 2.36 bits per heavy atom. The molecular formula is C17H24N2O5S. The summed E-state index contributed by atoms with van der Waals surface area (Å²) in [7, 11) is -3.61. The molecule has 1 amide bonds. The lowest BCUT2D eigenvalue weighted by atomic mass is 9.99. The van der Waals surface area contributed by atoms with E-state index in [4.69, 9.17) is 5.11 Å². The first kappa shape index (κ1) is 19.4. The summed E-state index contributed by atoms with van der Waals surface area (Å²) in [5.41, 5.74) is 0.348. The number of nitrogens with one attached hydrogen (secondary N) is 1. The quantitative estimate of drug-likeness (QED) is 0.793. The molecule has 1 unspecified atom stereocenters. The Labute approximate surface area is 148 Å². The summed E-state index contributed by atoms with van der Waals surface area (Å²) in [4.78, 5) is 25.3. The molecule has 1 aromatic carbocycles. The average molecular weight is 368 g/mol. The molecule has 25 heavy (non-hydrogen) atoms. The molecule has 3 atom stereocenters. The third kappa shape index (κ3) is 4.38. The second kappa shape index (κ2) is 7.53. The van der Waals surface area contributed by atoms with Crippen LogP contribution >= 0.6 is 0 Å². The molecule has 0 saturated carbocycles. The maximum Gasteiger partial charge on any atom is 0.308 e. The Morgan fingerprint density at radius 1 is 1.28 bits per heavy atom. The van der Waals surface area contributed by atoms with Crippen LogP contribution in [0.1, 0.15) is 37.6 Å². The largest absolute Gasteiger partial charge is 0.481 e.